The first-order valence-corrected chi connectivity index (χ1v) is 5.44. The van der Waals surface area contributed by atoms with Crippen molar-refractivity contribution in [1.29, 1.82) is 0 Å². The van der Waals surface area contributed by atoms with Crippen molar-refractivity contribution in [2.24, 2.45) is 5.92 Å². The first-order chi connectivity index (χ1) is 5.75. The van der Waals surface area contributed by atoms with Crippen LogP contribution in [0.15, 0.2) is 0 Å². The molecular formula is C9H16O2S. The van der Waals surface area contributed by atoms with Crippen molar-refractivity contribution in [3.05, 3.63) is 0 Å². The summed E-state index contributed by atoms with van der Waals surface area (Å²) < 4.78 is 4.96. The quantitative estimate of drug-likeness (QED) is 0.629. The molecule has 2 nitrogen and oxygen atoms in total. The molecule has 0 spiro atoms. The van der Waals surface area contributed by atoms with Crippen LogP contribution in [-0.4, -0.2) is 30.5 Å². The molecule has 0 radical (unpaired) electrons. The molecule has 2 atom stereocenters. The van der Waals surface area contributed by atoms with Crippen LogP contribution in [-0.2, 0) is 9.53 Å². The number of ketones is 1. The topological polar surface area (TPSA) is 26.3 Å². The first-order valence-electron chi connectivity index (χ1n) is 4.39. The van der Waals surface area contributed by atoms with Crippen LogP contribution >= 0.6 is 11.8 Å². The van der Waals surface area contributed by atoms with Gasteiger partial charge >= 0.3 is 0 Å². The number of thioether (sulfide) groups is 1. The zero-order chi connectivity index (χ0) is 8.97. The lowest BCUT2D eigenvalue weighted by molar-refractivity contribution is -0.120. The van der Waals surface area contributed by atoms with E-state index in [1.807, 2.05) is 18.7 Å². The summed E-state index contributed by atoms with van der Waals surface area (Å²) in [6.07, 6.45) is 1.85. The van der Waals surface area contributed by atoms with Gasteiger partial charge in [0.2, 0.25) is 0 Å². The van der Waals surface area contributed by atoms with Gasteiger partial charge in [-0.15, -0.1) is 0 Å². The van der Waals surface area contributed by atoms with Crippen molar-refractivity contribution in [2.75, 3.05) is 19.5 Å². The summed E-state index contributed by atoms with van der Waals surface area (Å²) >= 11 is 1.87. The van der Waals surface area contributed by atoms with Gasteiger partial charge in [0.05, 0.1) is 6.61 Å². The van der Waals surface area contributed by atoms with E-state index in [4.69, 9.17) is 4.74 Å². The molecule has 0 bridgehead atoms. The third-order valence-electron chi connectivity index (χ3n) is 2.36. The van der Waals surface area contributed by atoms with Crippen molar-refractivity contribution in [3.63, 3.8) is 0 Å². The third kappa shape index (κ3) is 2.49. The number of carbonyl (C=O) groups is 1. The summed E-state index contributed by atoms with van der Waals surface area (Å²) in [6.45, 7) is 2.84. The maximum absolute atomic E-state index is 11.2. The van der Waals surface area contributed by atoms with Crippen LogP contribution in [0.25, 0.3) is 0 Å². The van der Waals surface area contributed by atoms with Gasteiger partial charge in [-0.2, -0.15) is 11.8 Å². The molecule has 3 heteroatoms. The summed E-state index contributed by atoms with van der Waals surface area (Å²) in [7, 11) is 1.71. The zero-order valence-electron chi connectivity index (χ0n) is 7.71. The SMILES string of the molecule is COCCSC1CCC(=O)C1C. The summed E-state index contributed by atoms with van der Waals surface area (Å²) in [5.74, 6) is 1.72. The average molecular weight is 188 g/mol. The van der Waals surface area contributed by atoms with Gasteiger partial charge in [-0.05, 0) is 6.42 Å². The van der Waals surface area contributed by atoms with E-state index in [1.54, 1.807) is 7.11 Å². The number of rotatable bonds is 4. The first kappa shape index (κ1) is 10.1. The van der Waals surface area contributed by atoms with E-state index < -0.39 is 0 Å². The normalized spacial score (nSPS) is 29.7. The van der Waals surface area contributed by atoms with Gasteiger partial charge in [-0.25, -0.2) is 0 Å². The van der Waals surface area contributed by atoms with Gasteiger partial charge in [-0.1, -0.05) is 6.92 Å². The zero-order valence-corrected chi connectivity index (χ0v) is 8.52. The summed E-state index contributed by atoms with van der Waals surface area (Å²) in [6, 6.07) is 0. The van der Waals surface area contributed by atoms with E-state index in [0.29, 0.717) is 11.0 Å². The van der Waals surface area contributed by atoms with E-state index in [1.165, 1.54) is 0 Å². The second-order valence-electron chi connectivity index (χ2n) is 3.20. The Balaban J connectivity index is 2.20. The minimum absolute atomic E-state index is 0.270. The lowest BCUT2D eigenvalue weighted by Crippen LogP contribution is -2.13. The van der Waals surface area contributed by atoms with Gasteiger partial charge in [0.1, 0.15) is 5.78 Å². The van der Waals surface area contributed by atoms with Crippen LogP contribution in [0.4, 0.5) is 0 Å². The number of Topliss-reactive ketones (excluding diaryl/α,β-unsaturated/α-hetero) is 1. The Bertz CT molecular complexity index is 159. The molecule has 0 aromatic heterocycles. The van der Waals surface area contributed by atoms with Crippen LogP contribution in [0, 0.1) is 5.92 Å². The van der Waals surface area contributed by atoms with Crippen molar-refractivity contribution in [1.82, 2.24) is 0 Å². The van der Waals surface area contributed by atoms with E-state index in [2.05, 4.69) is 0 Å². The second-order valence-corrected chi connectivity index (χ2v) is 4.54. The van der Waals surface area contributed by atoms with Gasteiger partial charge in [0, 0.05) is 30.5 Å². The van der Waals surface area contributed by atoms with Gasteiger partial charge < -0.3 is 4.74 Å². The molecule has 0 aromatic carbocycles. The van der Waals surface area contributed by atoms with E-state index in [9.17, 15) is 4.79 Å². The highest BCUT2D eigenvalue weighted by Gasteiger charge is 2.30. The van der Waals surface area contributed by atoms with Gasteiger partial charge in [0.25, 0.3) is 0 Å². The van der Waals surface area contributed by atoms with E-state index in [0.717, 1.165) is 25.2 Å². The fourth-order valence-electron chi connectivity index (χ4n) is 1.48. The second kappa shape index (κ2) is 4.87. The molecule has 0 aromatic rings. The number of hydrogen-bond acceptors (Lipinski definition) is 3. The Kier molecular flexibility index (Phi) is 4.09. The Labute approximate surface area is 78.1 Å². The molecule has 0 amide bonds. The van der Waals surface area contributed by atoms with Crippen LogP contribution in [0.3, 0.4) is 0 Å². The van der Waals surface area contributed by atoms with Crippen molar-refractivity contribution >= 4 is 17.5 Å². The maximum Gasteiger partial charge on any atom is 0.136 e. The average Bonchev–Trinajstić information content (AvgIpc) is 2.36. The molecule has 0 saturated heterocycles. The van der Waals surface area contributed by atoms with Crippen LogP contribution in [0.2, 0.25) is 0 Å². The van der Waals surface area contributed by atoms with Crippen molar-refractivity contribution < 1.29 is 9.53 Å². The Morgan fingerprint density at radius 1 is 1.67 bits per heavy atom. The van der Waals surface area contributed by atoms with Crippen LogP contribution in [0.1, 0.15) is 19.8 Å². The lowest BCUT2D eigenvalue weighted by Gasteiger charge is -2.12. The molecule has 2 unspecified atom stereocenters. The largest absolute Gasteiger partial charge is 0.384 e. The number of methoxy groups -OCH3 is 1. The minimum atomic E-state index is 0.270. The number of carbonyl (C=O) groups excluding carboxylic acids is 1. The van der Waals surface area contributed by atoms with E-state index >= 15 is 0 Å². The number of ether oxygens (including phenoxy) is 1. The monoisotopic (exact) mass is 188 g/mol. The smallest absolute Gasteiger partial charge is 0.136 e. The molecule has 0 N–H and O–H groups in total. The predicted molar refractivity (Wildman–Crippen MR) is 51.5 cm³/mol. The Hall–Kier alpha value is -0.0200. The van der Waals surface area contributed by atoms with Crippen LogP contribution < -0.4 is 0 Å². The molecule has 12 heavy (non-hydrogen) atoms. The van der Waals surface area contributed by atoms with Crippen LogP contribution in [0.5, 0.6) is 0 Å². The van der Waals surface area contributed by atoms with Crippen molar-refractivity contribution in [2.45, 2.75) is 25.0 Å². The number of hydrogen-bond donors (Lipinski definition) is 0. The molecule has 1 rings (SSSR count). The maximum atomic E-state index is 11.2. The lowest BCUT2D eigenvalue weighted by atomic mass is 10.1. The molecule has 1 fully saturated rings. The third-order valence-corrected chi connectivity index (χ3v) is 3.83. The Morgan fingerprint density at radius 3 is 2.92 bits per heavy atom. The summed E-state index contributed by atoms with van der Waals surface area (Å²) in [4.78, 5) is 11.2. The van der Waals surface area contributed by atoms with Gasteiger partial charge in [-0.3, -0.25) is 4.79 Å². The molecule has 1 aliphatic rings. The fourth-order valence-corrected chi connectivity index (χ4v) is 2.77. The van der Waals surface area contributed by atoms with Crippen molar-refractivity contribution in [3.8, 4) is 0 Å². The Morgan fingerprint density at radius 2 is 2.42 bits per heavy atom. The highest BCUT2D eigenvalue weighted by Crippen LogP contribution is 2.31. The summed E-state index contributed by atoms with van der Waals surface area (Å²) in [5.41, 5.74) is 0. The molecule has 70 valence electrons. The molecule has 1 saturated carbocycles. The molecular weight excluding hydrogens is 172 g/mol. The van der Waals surface area contributed by atoms with Gasteiger partial charge in [0.15, 0.2) is 0 Å². The molecule has 0 heterocycles. The fraction of sp³-hybridized carbons (Fsp3) is 0.889. The predicted octanol–water partition coefficient (Wildman–Crippen LogP) is 1.73. The minimum Gasteiger partial charge on any atom is -0.384 e. The summed E-state index contributed by atoms with van der Waals surface area (Å²) in [5, 5.41) is 0.549. The molecule has 1 aliphatic carbocycles. The highest BCUT2D eigenvalue weighted by molar-refractivity contribution is 8.00. The van der Waals surface area contributed by atoms with E-state index in [-0.39, 0.29) is 5.92 Å². The highest BCUT2D eigenvalue weighted by atomic mass is 32.2. The molecule has 0 aliphatic heterocycles. The standard InChI is InChI=1S/C9H16O2S/c1-7-8(10)3-4-9(7)12-6-5-11-2/h7,9H,3-6H2,1-2H3.